The molecular weight excluding hydrogens is 526 g/mol. The molecule has 0 spiro atoms. The number of sulfonamides is 1. The molecule has 0 aliphatic heterocycles. The SMILES string of the molecule is CCC(C)NC(=O)C(CC)N(Cc1cccc(C)c1)C(=O)CN(c1ccccc1)S(=O)(=O)c1ccc(OC)cc1. The third kappa shape index (κ3) is 7.63. The van der Waals surface area contributed by atoms with Gasteiger partial charge in [0, 0.05) is 12.6 Å². The Morgan fingerprint density at radius 3 is 2.17 bits per heavy atom. The summed E-state index contributed by atoms with van der Waals surface area (Å²) < 4.78 is 34.0. The van der Waals surface area contributed by atoms with Gasteiger partial charge in [0.1, 0.15) is 18.3 Å². The number of nitrogens with one attached hydrogen (secondary N) is 1. The fraction of sp³-hybridized carbons (Fsp3) is 0.355. The highest BCUT2D eigenvalue weighted by atomic mass is 32.2. The number of nitrogens with zero attached hydrogens (tertiary/aromatic N) is 2. The van der Waals surface area contributed by atoms with E-state index in [1.54, 1.807) is 42.5 Å². The summed E-state index contributed by atoms with van der Waals surface area (Å²) in [6, 6.07) is 21.4. The van der Waals surface area contributed by atoms with E-state index in [-0.39, 0.29) is 23.4 Å². The Hall–Kier alpha value is -3.85. The zero-order valence-electron chi connectivity index (χ0n) is 23.8. The average Bonchev–Trinajstić information content (AvgIpc) is 2.96. The zero-order chi connectivity index (χ0) is 29.3. The van der Waals surface area contributed by atoms with Gasteiger partial charge in [0.25, 0.3) is 10.0 Å². The van der Waals surface area contributed by atoms with Crippen LogP contribution < -0.4 is 14.4 Å². The molecule has 0 heterocycles. The summed E-state index contributed by atoms with van der Waals surface area (Å²) in [7, 11) is -2.63. The Morgan fingerprint density at radius 2 is 1.60 bits per heavy atom. The van der Waals surface area contributed by atoms with E-state index in [4.69, 9.17) is 4.74 Å². The molecule has 9 heteroatoms. The first-order valence-corrected chi connectivity index (χ1v) is 14.9. The standard InChI is InChI=1S/C31H39N3O5S/c1-6-24(4)32-31(36)29(7-2)33(21-25-13-11-12-23(3)20-25)30(35)22-34(26-14-9-8-10-15-26)40(37,38)28-18-16-27(39-5)17-19-28/h8-20,24,29H,6-7,21-22H2,1-5H3,(H,32,36). The van der Waals surface area contributed by atoms with Crippen molar-refractivity contribution in [1.82, 2.24) is 10.2 Å². The van der Waals surface area contributed by atoms with Gasteiger partial charge in [-0.3, -0.25) is 13.9 Å². The van der Waals surface area contributed by atoms with Gasteiger partial charge in [-0.15, -0.1) is 0 Å². The maximum atomic E-state index is 14.1. The molecule has 2 amide bonds. The predicted octanol–water partition coefficient (Wildman–Crippen LogP) is 4.92. The van der Waals surface area contributed by atoms with Crippen LogP contribution in [0, 0.1) is 6.92 Å². The summed E-state index contributed by atoms with van der Waals surface area (Å²) in [6.07, 6.45) is 1.12. The number of rotatable bonds is 13. The maximum Gasteiger partial charge on any atom is 0.264 e. The molecule has 3 rings (SSSR count). The lowest BCUT2D eigenvalue weighted by Crippen LogP contribution is -2.53. The van der Waals surface area contributed by atoms with Crippen LogP contribution in [0.15, 0.2) is 83.8 Å². The molecule has 0 aromatic heterocycles. The van der Waals surface area contributed by atoms with E-state index in [0.717, 1.165) is 21.9 Å². The molecule has 40 heavy (non-hydrogen) atoms. The van der Waals surface area contributed by atoms with Crippen molar-refractivity contribution in [2.45, 2.75) is 64.1 Å². The monoisotopic (exact) mass is 565 g/mol. The zero-order valence-corrected chi connectivity index (χ0v) is 24.6. The van der Waals surface area contributed by atoms with E-state index in [1.807, 2.05) is 52.0 Å². The van der Waals surface area contributed by atoms with E-state index < -0.39 is 28.5 Å². The van der Waals surface area contributed by atoms with E-state index in [0.29, 0.717) is 17.9 Å². The molecule has 0 radical (unpaired) electrons. The number of methoxy groups -OCH3 is 1. The molecule has 1 N–H and O–H groups in total. The Morgan fingerprint density at radius 1 is 0.925 bits per heavy atom. The second-order valence-electron chi connectivity index (χ2n) is 9.78. The largest absolute Gasteiger partial charge is 0.497 e. The van der Waals surface area contributed by atoms with Gasteiger partial charge in [0.15, 0.2) is 0 Å². The highest BCUT2D eigenvalue weighted by Crippen LogP contribution is 2.26. The van der Waals surface area contributed by atoms with Gasteiger partial charge in [-0.25, -0.2) is 8.42 Å². The number of aryl methyl sites for hydroxylation is 1. The number of para-hydroxylation sites is 1. The van der Waals surface area contributed by atoms with Crippen LogP contribution in [0.3, 0.4) is 0 Å². The second-order valence-corrected chi connectivity index (χ2v) is 11.6. The minimum Gasteiger partial charge on any atom is -0.497 e. The fourth-order valence-corrected chi connectivity index (χ4v) is 5.78. The number of anilines is 1. The number of hydrogen-bond acceptors (Lipinski definition) is 5. The summed E-state index contributed by atoms with van der Waals surface area (Å²) in [4.78, 5) is 28.9. The van der Waals surface area contributed by atoms with E-state index >= 15 is 0 Å². The molecule has 0 saturated carbocycles. The summed E-state index contributed by atoms with van der Waals surface area (Å²) >= 11 is 0. The molecular formula is C31H39N3O5S. The van der Waals surface area contributed by atoms with Crippen LogP contribution in [0.25, 0.3) is 0 Å². The van der Waals surface area contributed by atoms with Gasteiger partial charge in [-0.1, -0.05) is 61.9 Å². The topological polar surface area (TPSA) is 96.0 Å². The second kappa shape index (κ2) is 14.0. The average molecular weight is 566 g/mol. The van der Waals surface area contributed by atoms with Crippen molar-refractivity contribution in [3.8, 4) is 5.75 Å². The number of ether oxygens (including phenoxy) is 1. The van der Waals surface area contributed by atoms with Crippen molar-refractivity contribution in [1.29, 1.82) is 0 Å². The van der Waals surface area contributed by atoms with E-state index in [1.165, 1.54) is 24.1 Å². The van der Waals surface area contributed by atoms with Gasteiger partial charge in [-0.05, 0) is 68.7 Å². The lowest BCUT2D eigenvalue weighted by molar-refractivity contribution is -0.140. The van der Waals surface area contributed by atoms with Crippen molar-refractivity contribution >= 4 is 27.5 Å². The van der Waals surface area contributed by atoms with E-state index in [2.05, 4.69) is 5.32 Å². The smallest absolute Gasteiger partial charge is 0.264 e. The Bertz CT molecular complexity index is 1380. The van der Waals surface area contributed by atoms with Crippen molar-refractivity contribution in [3.63, 3.8) is 0 Å². The molecule has 214 valence electrons. The van der Waals surface area contributed by atoms with Crippen LogP contribution in [0.4, 0.5) is 5.69 Å². The van der Waals surface area contributed by atoms with Gasteiger partial charge < -0.3 is 15.0 Å². The lowest BCUT2D eigenvalue weighted by Gasteiger charge is -2.33. The Kier molecular flexibility index (Phi) is 10.7. The van der Waals surface area contributed by atoms with Crippen LogP contribution in [-0.2, 0) is 26.2 Å². The molecule has 0 aliphatic carbocycles. The van der Waals surface area contributed by atoms with Crippen molar-refractivity contribution in [2.75, 3.05) is 18.0 Å². The molecule has 0 aliphatic rings. The van der Waals surface area contributed by atoms with Crippen LogP contribution in [0.1, 0.15) is 44.7 Å². The maximum absolute atomic E-state index is 14.1. The highest BCUT2D eigenvalue weighted by molar-refractivity contribution is 7.92. The summed E-state index contributed by atoms with van der Waals surface area (Å²) in [5.74, 6) is -0.223. The third-order valence-electron chi connectivity index (χ3n) is 6.79. The summed E-state index contributed by atoms with van der Waals surface area (Å²) in [6.45, 7) is 7.39. The quantitative estimate of drug-likeness (QED) is 0.317. The van der Waals surface area contributed by atoms with Crippen molar-refractivity contribution in [3.05, 3.63) is 90.0 Å². The first-order chi connectivity index (χ1) is 19.1. The molecule has 0 saturated heterocycles. The molecule has 2 atom stereocenters. The lowest BCUT2D eigenvalue weighted by atomic mass is 10.1. The number of carbonyl (C=O) groups is 2. The number of carbonyl (C=O) groups excluding carboxylic acids is 2. The number of hydrogen-bond donors (Lipinski definition) is 1. The minimum atomic E-state index is -4.13. The molecule has 0 fully saturated rings. The first-order valence-electron chi connectivity index (χ1n) is 13.5. The van der Waals surface area contributed by atoms with Crippen LogP contribution in [-0.4, -0.2) is 50.9 Å². The van der Waals surface area contributed by atoms with Crippen LogP contribution in [0.5, 0.6) is 5.75 Å². The minimum absolute atomic E-state index is 0.0248. The normalized spacial score (nSPS) is 12.7. The number of amides is 2. The van der Waals surface area contributed by atoms with Gasteiger partial charge >= 0.3 is 0 Å². The van der Waals surface area contributed by atoms with Crippen molar-refractivity contribution in [2.24, 2.45) is 0 Å². The highest BCUT2D eigenvalue weighted by Gasteiger charge is 2.34. The molecule has 2 unspecified atom stereocenters. The summed E-state index contributed by atoms with van der Waals surface area (Å²) in [5, 5.41) is 2.99. The van der Waals surface area contributed by atoms with Gasteiger partial charge in [0.05, 0.1) is 17.7 Å². The molecule has 0 bridgehead atoms. The third-order valence-corrected chi connectivity index (χ3v) is 8.58. The molecule has 8 nitrogen and oxygen atoms in total. The Labute approximate surface area is 238 Å². The van der Waals surface area contributed by atoms with E-state index in [9.17, 15) is 18.0 Å². The van der Waals surface area contributed by atoms with Crippen LogP contribution in [0.2, 0.25) is 0 Å². The number of benzene rings is 3. The van der Waals surface area contributed by atoms with Gasteiger partial charge in [0.2, 0.25) is 11.8 Å². The Balaban J connectivity index is 2.03. The summed E-state index contributed by atoms with van der Waals surface area (Å²) in [5.41, 5.74) is 2.22. The fourth-order valence-electron chi connectivity index (χ4n) is 4.37. The predicted molar refractivity (Wildman–Crippen MR) is 158 cm³/mol. The molecule has 3 aromatic carbocycles. The first kappa shape index (κ1) is 30.7. The van der Waals surface area contributed by atoms with Crippen molar-refractivity contribution < 1.29 is 22.7 Å². The molecule has 3 aromatic rings. The van der Waals surface area contributed by atoms with Crippen LogP contribution >= 0.6 is 0 Å². The van der Waals surface area contributed by atoms with Gasteiger partial charge in [-0.2, -0.15) is 0 Å².